The van der Waals surface area contributed by atoms with Crippen molar-refractivity contribution in [2.45, 2.75) is 12.8 Å². The number of nitrogens with one attached hydrogen (secondary N) is 2. The fourth-order valence-electron chi connectivity index (χ4n) is 2.25. The molecule has 1 heterocycles. The normalized spacial score (nSPS) is 14.5. The van der Waals surface area contributed by atoms with Gasteiger partial charge in [-0.05, 0) is 25.6 Å². The lowest BCUT2D eigenvalue weighted by Gasteiger charge is -2.19. The number of amides is 2. The van der Waals surface area contributed by atoms with E-state index in [1.165, 1.54) is 0 Å². The Labute approximate surface area is 118 Å². The highest BCUT2D eigenvalue weighted by molar-refractivity contribution is 5.98. The van der Waals surface area contributed by atoms with Gasteiger partial charge in [0.1, 0.15) is 5.75 Å². The fourth-order valence-corrected chi connectivity index (χ4v) is 2.25. The Morgan fingerprint density at radius 1 is 1.45 bits per heavy atom. The molecule has 1 aromatic rings. The second kappa shape index (κ2) is 6.38. The van der Waals surface area contributed by atoms with Crippen molar-refractivity contribution in [2.75, 3.05) is 37.5 Å². The van der Waals surface area contributed by atoms with Gasteiger partial charge in [-0.25, -0.2) is 0 Å². The molecule has 6 nitrogen and oxygen atoms in total. The summed E-state index contributed by atoms with van der Waals surface area (Å²) in [5, 5.41) is 5.54. The van der Waals surface area contributed by atoms with Gasteiger partial charge in [-0.3, -0.25) is 9.59 Å². The quantitative estimate of drug-likeness (QED) is 0.841. The van der Waals surface area contributed by atoms with E-state index in [1.54, 1.807) is 37.3 Å². The smallest absolute Gasteiger partial charge is 0.238 e. The third kappa shape index (κ3) is 3.08. The van der Waals surface area contributed by atoms with Crippen LogP contribution < -0.4 is 20.3 Å². The molecule has 6 heteroatoms. The van der Waals surface area contributed by atoms with E-state index >= 15 is 0 Å². The highest BCUT2D eigenvalue weighted by Crippen LogP contribution is 2.33. The Hall–Kier alpha value is -2.08. The molecule has 0 bridgehead atoms. The van der Waals surface area contributed by atoms with Crippen molar-refractivity contribution in [3.8, 4) is 5.75 Å². The lowest BCUT2D eigenvalue weighted by atomic mass is 10.2. The number of rotatable bonds is 5. The summed E-state index contributed by atoms with van der Waals surface area (Å²) in [6, 6.07) is 5.31. The zero-order valence-electron chi connectivity index (χ0n) is 11.7. The third-order valence-corrected chi connectivity index (χ3v) is 3.17. The molecule has 0 atom stereocenters. The van der Waals surface area contributed by atoms with Gasteiger partial charge in [0, 0.05) is 24.7 Å². The van der Waals surface area contributed by atoms with Crippen LogP contribution in [0.25, 0.3) is 0 Å². The molecule has 1 fully saturated rings. The molecule has 1 aromatic carbocycles. The molecular weight excluding hydrogens is 258 g/mol. The summed E-state index contributed by atoms with van der Waals surface area (Å²) < 4.78 is 5.33. The van der Waals surface area contributed by atoms with E-state index in [0.29, 0.717) is 24.4 Å². The first-order chi connectivity index (χ1) is 9.65. The van der Waals surface area contributed by atoms with Gasteiger partial charge in [-0.2, -0.15) is 0 Å². The summed E-state index contributed by atoms with van der Waals surface area (Å²) in [4.78, 5) is 25.0. The zero-order chi connectivity index (χ0) is 14.5. The molecule has 20 heavy (non-hydrogen) atoms. The summed E-state index contributed by atoms with van der Waals surface area (Å²) >= 11 is 0. The first kappa shape index (κ1) is 14.3. The Morgan fingerprint density at radius 3 is 2.85 bits per heavy atom. The van der Waals surface area contributed by atoms with E-state index in [1.807, 2.05) is 0 Å². The predicted molar refractivity (Wildman–Crippen MR) is 77.1 cm³/mol. The number of carbonyl (C=O) groups is 2. The first-order valence-corrected chi connectivity index (χ1v) is 6.58. The van der Waals surface area contributed by atoms with Crippen molar-refractivity contribution in [1.29, 1.82) is 0 Å². The second-order valence-electron chi connectivity index (χ2n) is 4.61. The van der Waals surface area contributed by atoms with E-state index in [0.717, 1.165) is 12.1 Å². The molecule has 1 aliphatic heterocycles. The molecule has 0 spiro atoms. The molecular formula is C14H19N3O3. The number of benzene rings is 1. The van der Waals surface area contributed by atoms with E-state index in [-0.39, 0.29) is 18.4 Å². The minimum absolute atomic E-state index is 0.107. The van der Waals surface area contributed by atoms with Crippen molar-refractivity contribution < 1.29 is 14.3 Å². The number of anilines is 2. The summed E-state index contributed by atoms with van der Waals surface area (Å²) in [6.07, 6.45) is 1.44. The van der Waals surface area contributed by atoms with Crippen LogP contribution in [0.2, 0.25) is 0 Å². The standard InChI is InChI=1S/C14H19N3O3/c1-15-9-13(18)16-10-5-6-11(12(8-10)20-2)17-7-3-4-14(17)19/h5-6,8,15H,3-4,7,9H2,1-2H3,(H,16,18). The van der Waals surface area contributed by atoms with Gasteiger partial charge < -0.3 is 20.3 Å². The number of carbonyl (C=O) groups excluding carboxylic acids is 2. The average Bonchev–Trinajstić information content (AvgIpc) is 2.85. The molecule has 2 amide bonds. The van der Waals surface area contributed by atoms with Crippen molar-refractivity contribution in [2.24, 2.45) is 0 Å². The fraction of sp³-hybridized carbons (Fsp3) is 0.429. The highest BCUT2D eigenvalue weighted by Gasteiger charge is 2.24. The minimum Gasteiger partial charge on any atom is -0.494 e. The molecule has 2 rings (SSSR count). The molecule has 0 radical (unpaired) electrons. The number of ether oxygens (including phenoxy) is 1. The van der Waals surface area contributed by atoms with Crippen molar-refractivity contribution in [1.82, 2.24) is 5.32 Å². The summed E-state index contributed by atoms with van der Waals surface area (Å²) in [5.41, 5.74) is 1.40. The maximum Gasteiger partial charge on any atom is 0.238 e. The Bertz CT molecular complexity index is 516. The Balaban J connectivity index is 2.19. The predicted octanol–water partition coefficient (Wildman–Crippen LogP) is 0.980. The monoisotopic (exact) mass is 277 g/mol. The maximum atomic E-state index is 11.8. The lowest BCUT2D eigenvalue weighted by Crippen LogP contribution is -2.26. The van der Waals surface area contributed by atoms with Crippen LogP contribution in [-0.2, 0) is 9.59 Å². The van der Waals surface area contributed by atoms with Crippen molar-refractivity contribution >= 4 is 23.2 Å². The van der Waals surface area contributed by atoms with Gasteiger partial charge in [0.15, 0.2) is 0 Å². The molecule has 0 aliphatic carbocycles. The van der Waals surface area contributed by atoms with E-state index in [4.69, 9.17) is 4.74 Å². The average molecular weight is 277 g/mol. The Morgan fingerprint density at radius 2 is 2.25 bits per heavy atom. The van der Waals surface area contributed by atoms with Crippen LogP contribution in [0.15, 0.2) is 18.2 Å². The topological polar surface area (TPSA) is 70.7 Å². The largest absolute Gasteiger partial charge is 0.494 e. The van der Waals surface area contributed by atoms with E-state index in [9.17, 15) is 9.59 Å². The van der Waals surface area contributed by atoms with Gasteiger partial charge >= 0.3 is 0 Å². The molecule has 1 aliphatic rings. The first-order valence-electron chi connectivity index (χ1n) is 6.58. The van der Waals surface area contributed by atoms with Crippen LogP contribution in [0.3, 0.4) is 0 Å². The molecule has 108 valence electrons. The number of methoxy groups -OCH3 is 1. The highest BCUT2D eigenvalue weighted by atomic mass is 16.5. The number of nitrogens with zero attached hydrogens (tertiary/aromatic N) is 1. The molecule has 1 saturated heterocycles. The molecule has 0 saturated carbocycles. The van der Waals surface area contributed by atoms with Crippen LogP contribution in [0.4, 0.5) is 11.4 Å². The minimum atomic E-state index is -0.125. The van der Waals surface area contributed by atoms with Crippen LogP contribution in [0.5, 0.6) is 5.75 Å². The number of hydrogen-bond acceptors (Lipinski definition) is 4. The summed E-state index contributed by atoms with van der Waals surface area (Å²) in [5.74, 6) is 0.567. The molecule has 2 N–H and O–H groups in total. The molecule has 0 aromatic heterocycles. The third-order valence-electron chi connectivity index (χ3n) is 3.17. The van der Waals surface area contributed by atoms with Crippen LogP contribution >= 0.6 is 0 Å². The van der Waals surface area contributed by atoms with Gasteiger partial charge in [0.25, 0.3) is 0 Å². The zero-order valence-corrected chi connectivity index (χ0v) is 11.7. The number of hydrogen-bond donors (Lipinski definition) is 2. The van der Waals surface area contributed by atoms with Crippen molar-refractivity contribution in [3.63, 3.8) is 0 Å². The Kier molecular flexibility index (Phi) is 4.57. The number of likely N-dealkylation sites (N-methyl/N-ethyl adjacent to an activating group) is 1. The van der Waals surface area contributed by atoms with Gasteiger partial charge in [-0.1, -0.05) is 0 Å². The van der Waals surface area contributed by atoms with E-state index < -0.39 is 0 Å². The van der Waals surface area contributed by atoms with Crippen LogP contribution in [0, 0.1) is 0 Å². The second-order valence-corrected chi connectivity index (χ2v) is 4.61. The van der Waals surface area contributed by atoms with Gasteiger partial charge in [0.05, 0.1) is 19.3 Å². The van der Waals surface area contributed by atoms with Gasteiger partial charge in [0.2, 0.25) is 11.8 Å². The molecule has 0 unspecified atom stereocenters. The van der Waals surface area contributed by atoms with E-state index in [2.05, 4.69) is 10.6 Å². The maximum absolute atomic E-state index is 11.8. The van der Waals surface area contributed by atoms with Crippen LogP contribution in [-0.4, -0.2) is 39.1 Å². The summed E-state index contributed by atoms with van der Waals surface area (Å²) in [6.45, 7) is 0.954. The van der Waals surface area contributed by atoms with Gasteiger partial charge in [-0.15, -0.1) is 0 Å². The van der Waals surface area contributed by atoms with Crippen LogP contribution in [0.1, 0.15) is 12.8 Å². The lowest BCUT2D eigenvalue weighted by molar-refractivity contribution is -0.117. The SMILES string of the molecule is CNCC(=O)Nc1ccc(N2CCCC2=O)c(OC)c1. The van der Waals surface area contributed by atoms with Crippen molar-refractivity contribution in [3.05, 3.63) is 18.2 Å². The summed E-state index contributed by atoms with van der Waals surface area (Å²) in [7, 11) is 3.26.